The van der Waals surface area contributed by atoms with Crippen LogP contribution in [0.4, 0.5) is 0 Å². The van der Waals surface area contributed by atoms with Gasteiger partial charge in [-0.05, 0) is 38.0 Å². The summed E-state index contributed by atoms with van der Waals surface area (Å²) in [5, 5.41) is 3.29. The molecule has 0 aromatic carbocycles. The summed E-state index contributed by atoms with van der Waals surface area (Å²) < 4.78 is 5.90. The monoisotopic (exact) mass is 308 g/mol. The first-order valence-electron chi connectivity index (χ1n) is 9.09. The van der Waals surface area contributed by atoms with E-state index in [1.807, 2.05) is 0 Å². The van der Waals surface area contributed by atoms with Crippen molar-refractivity contribution in [3.63, 3.8) is 0 Å². The van der Waals surface area contributed by atoms with E-state index in [0.29, 0.717) is 6.04 Å². The molecule has 4 nitrogen and oxygen atoms in total. The largest absolute Gasteiger partial charge is 0.377 e. The van der Waals surface area contributed by atoms with E-state index in [9.17, 15) is 4.79 Å². The molecule has 0 aromatic rings. The lowest BCUT2D eigenvalue weighted by atomic mass is 9.46. The summed E-state index contributed by atoms with van der Waals surface area (Å²) in [5.41, 5.74) is 5.62. The first-order valence-corrected chi connectivity index (χ1v) is 9.09. The smallest absolute Gasteiger partial charge is 0.241 e. The number of fused-ring (bicyclic) bond motifs is 1. The van der Waals surface area contributed by atoms with Crippen LogP contribution in [-0.4, -0.2) is 30.2 Å². The lowest BCUT2D eigenvalue weighted by Gasteiger charge is -2.65. The molecule has 0 radical (unpaired) electrons. The number of hydrogen-bond acceptors (Lipinski definition) is 3. The highest BCUT2D eigenvalue weighted by Gasteiger charge is 2.70. The van der Waals surface area contributed by atoms with Gasteiger partial charge in [0.1, 0.15) is 5.54 Å². The van der Waals surface area contributed by atoms with Crippen LogP contribution in [0.25, 0.3) is 0 Å². The van der Waals surface area contributed by atoms with Crippen molar-refractivity contribution in [2.45, 2.75) is 83.4 Å². The van der Waals surface area contributed by atoms with Crippen molar-refractivity contribution in [2.24, 2.45) is 23.0 Å². The molecule has 1 heterocycles. The molecule has 1 saturated heterocycles. The Labute approximate surface area is 134 Å². The summed E-state index contributed by atoms with van der Waals surface area (Å²) in [5.74, 6) is 1.02. The van der Waals surface area contributed by atoms with Crippen LogP contribution in [0.15, 0.2) is 0 Å². The lowest BCUT2D eigenvalue weighted by Crippen LogP contribution is -2.82. The summed E-state index contributed by atoms with van der Waals surface area (Å²) in [4.78, 5) is 13.0. The topological polar surface area (TPSA) is 64.4 Å². The Balaban J connectivity index is 1.68. The summed E-state index contributed by atoms with van der Waals surface area (Å²) in [6.45, 7) is 7.30. The maximum atomic E-state index is 13.0. The highest BCUT2D eigenvalue weighted by atomic mass is 16.5. The molecule has 0 aromatic heterocycles. The van der Waals surface area contributed by atoms with Crippen molar-refractivity contribution in [2.75, 3.05) is 6.61 Å². The molecule has 3 aliphatic rings. The van der Waals surface area contributed by atoms with E-state index in [2.05, 4.69) is 26.1 Å². The number of nitrogens with two attached hydrogens (primary N) is 1. The molecule has 5 unspecified atom stereocenters. The third kappa shape index (κ3) is 2.39. The highest BCUT2D eigenvalue weighted by molar-refractivity contribution is 5.89. The molecule has 1 amide bonds. The Morgan fingerprint density at radius 3 is 2.68 bits per heavy atom. The van der Waals surface area contributed by atoms with E-state index < -0.39 is 5.54 Å². The van der Waals surface area contributed by atoms with Crippen LogP contribution < -0.4 is 11.1 Å². The Morgan fingerprint density at radius 1 is 1.14 bits per heavy atom. The molecule has 3 rings (SSSR count). The number of amides is 1. The summed E-state index contributed by atoms with van der Waals surface area (Å²) in [6, 6.07) is 0.303. The Morgan fingerprint density at radius 2 is 1.91 bits per heavy atom. The average Bonchev–Trinajstić information content (AvgIpc) is 2.71. The first kappa shape index (κ1) is 16.3. The number of carbonyl (C=O) groups excluding carboxylic acids is 1. The van der Waals surface area contributed by atoms with Gasteiger partial charge >= 0.3 is 0 Å². The number of rotatable bonds is 2. The minimum absolute atomic E-state index is 0.0591. The minimum atomic E-state index is -0.768. The van der Waals surface area contributed by atoms with Gasteiger partial charge in [0.15, 0.2) is 0 Å². The van der Waals surface area contributed by atoms with Gasteiger partial charge in [-0.3, -0.25) is 4.79 Å². The SMILES string of the molecule is CC1CCCC(NC(=O)C2(N)C3CCCOC3C2(C)C)CC1. The maximum Gasteiger partial charge on any atom is 0.241 e. The molecule has 2 saturated carbocycles. The minimum Gasteiger partial charge on any atom is -0.377 e. The summed E-state index contributed by atoms with van der Waals surface area (Å²) >= 11 is 0. The Hall–Kier alpha value is -0.610. The fourth-order valence-electron chi connectivity index (χ4n) is 4.97. The average molecular weight is 308 g/mol. The second-order valence-corrected chi connectivity index (χ2v) is 8.41. The van der Waals surface area contributed by atoms with Crippen molar-refractivity contribution in [3.05, 3.63) is 0 Å². The zero-order valence-electron chi connectivity index (χ0n) is 14.4. The van der Waals surface area contributed by atoms with Gasteiger partial charge in [0.2, 0.25) is 5.91 Å². The van der Waals surface area contributed by atoms with Crippen molar-refractivity contribution in [1.29, 1.82) is 0 Å². The van der Waals surface area contributed by atoms with Gasteiger partial charge in [-0.25, -0.2) is 0 Å². The Kier molecular flexibility index (Phi) is 4.28. The van der Waals surface area contributed by atoms with E-state index in [4.69, 9.17) is 10.5 Å². The van der Waals surface area contributed by atoms with E-state index in [1.165, 1.54) is 19.3 Å². The zero-order chi connectivity index (χ0) is 16.0. The van der Waals surface area contributed by atoms with E-state index in [-0.39, 0.29) is 23.3 Å². The van der Waals surface area contributed by atoms with Gasteiger partial charge in [0.25, 0.3) is 0 Å². The predicted molar refractivity (Wildman–Crippen MR) is 87.3 cm³/mol. The number of hydrogen-bond donors (Lipinski definition) is 2. The molecular weight excluding hydrogens is 276 g/mol. The van der Waals surface area contributed by atoms with Gasteiger partial charge in [0.05, 0.1) is 6.10 Å². The van der Waals surface area contributed by atoms with Gasteiger partial charge in [0, 0.05) is 24.0 Å². The van der Waals surface area contributed by atoms with Crippen LogP contribution in [0.3, 0.4) is 0 Å². The molecule has 0 bridgehead atoms. The van der Waals surface area contributed by atoms with Gasteiger partial charge in [-0.2, -0.15) is 0 Å². The quantitative estimate of drug-likeness (QED) is 0.771. The molecular formula is C18H32N2O2. The van der Waals surface area contributed by atoms with Gasteiger partial charge in [-0.1, -0.05) is 33.6 Å². The Bertz CT molecular complexity index is 437. The van der Waals surface area contributed by atoms with E-state index in [1.54, 1.807) is 0 Å². The third-order valence-electron chi connectivity index (χ3n) is 6.65. The molecule has 2 aliphatic carbocycles. The van der Waals surface area contributed by atoms with Crippen LogP contribution in [0, 0.1) is 17.3 Å². The predicted octanol–water partition coefficient (Wildman–Crippen LogP) is 2.60. The van der Waals surface area contributed by atoms with Crippen molar-refractivity contribution < 1.29 is 9.53 Å². The second kappa shape index (κ2) is 5.79. The fraction of sp³-hybridized carbons (Fsp3) is 0.944. The molecule has 22 heavy (non-hydrogen) atoms. The zero-order valence-corrected chi connectivity index (χ0v) is 14.4. The normalized spacial score (nSPS) is 44.4. The lowest BCUT2D eigenvalue weighted by molar-refractivity contribution is -0.225. The fourth-order valence-corrected chi connectivity index (χ4v) is 4.97. The number of nitrogens with one attached hydrogen (secondary N) is 1. The van der Waals surface area contributed by atoms with Crippen LogP contribution in [-0.2, 0) is 9.53 Å². The standard InChI is InChI=1S/C18H32N2O2/c1-12-6-4-7-13(10-9-12)20-16(21)18(19)14-8-5-11-22-15(14)17(18,2)3/h12-15H,4-11,19H2,1-3H3,(H,20,21). The molecule has 4 heteroatoms. The number of ether oxygens (including phenoxy) is 1. The molecule has 3 fully saturated rings. The van der Waals surface area contributed by atoms with Crippen LogP contribution in [0.2, 0.25) is 0 Å². The number of carbonyl (C=O) groups is 1. The van der Waals surface area contributed by atoms with E-state index >= 15 is 0 Å². The molecule has 1 aliphatic heterocycles. The van der Waals surface area contributed by atoms with Gasteiger partial charge in [-0.15, -0.1) is 0 Å². The first-order chi connectivity index (χ1) is 10.4. The third-order valence-corrected chi connectivity index (χ3v) is 6.65. The van der Waals surface area contributed by atoms with Crippen molar-refractivity contribution in [1.82, 2.24) is 5.32 Å². The van der Waals surface area contributed by atoms with Crippen molar-refractivity contribution in [3.8, 4) is 0 Å². The summed E-state index contributed by atoms with van der Waals surface area (Å²) in [6.07, 6.45) is 8.06. The van der Waals surface area contributed by atoms with E-state index in [0.717, 1.165) is 38.2 Å². The summed E-state index contributed by atoms with van der Waals surface area (Å²) in [7, 11) is 0. The van der Waals surface area contributed by atoms with Gasteiger partial charge < -0.3 is 15.8 Å². The molecule has 5 atom stereocenters. The molecule has 126 valence electrons. The van der Waals surface area contributed by atoms with Crippen LogP contribution >= 0.6 is 0 Å². The van der Waals surface area contributed by atoms with Crippen LogP contribution in [0.1, 0.15) is 65.7 Å². The maximum absolute atomic E-state index is 13.0. The second-order valence-electron chi connectivity index (χ2n) is 8.41. The van der Waals surface area contributed by atoms with Crippen LogP contribution in [0.5, 0.6) is 0 Å². The highest BCUT2D eigenvalue weighted by Crippen LogP contribution is 2.57. The van der Waals surface area contributed by atoms with Crippen molar-refractivity contribution >= 4 is 5.91 Å². The molecule has 0 spiro atoms. The molecule has 3 N–H and O–H groups in total.